The molecule has 150 valence electrons. The molecule has 10 heteroatoms. The highest BCUT2D eigenvalue weighted by Gasteiger charge is 2.27. The number of primary amides is 1. The normalized spacial score (nSPS) is 13.5. The lowest BCUT2D eigenvalue weighted by molar-refractivity contribution is 0.0487. The summed E-state index contributed by atoms with van der Waals surface area (Å²) in [5.41, 5.74) is 6.06. The van der Waals surface area contributed by atoms with Gasteiger partial charge in [-0.05, 0) is 65.6 Å². The first-order valence-electron chi connectivity index (χ1n) is 8.65. The molecule has 1 fully saturated rings. The second-order valence-electron chi connectivity index (χ2n) is 6.63. The Morgan fingerprint density at radius 1 is 1.38 bits per heavy atom. The average Bonchev–Trinajstić information content (AvgIpc) is 3.38. The second-order valence-corrected chi connectivity index (χ2v) is 9.28. The molecule has 1 aromatic heterocycles. The van der Waals surface area contributed by atoms with Gasteiger partial charge in [0.15, 0.2) is 10.8 Å². The van der Waals surface area contributed by atoms with Gasteiger partial charge in [0.25, 0.3) is 5.91 Å². The number of aromatic nitrogens is 1. The first kappa shape index (κ1) is 20.3. The number of halogens is 3. The van der Waals surface area contributed by atoms with Crippen molar-refractivity contribution in [3.05, 3.63) is 49.2 Å². The number of nitrogens with zero attached hydrogens (tertiary/aromatic N) is 1. The summed E-state index contributed by atoms with van der Waals surface area (Å²) in [6.45, 7) is 0.289. The fraction of sp³-hybridized carbons (Fsp3) is 0.211. The van der Waals surface area contributed by atoms with Gasteiger partial charge < -0.3 is 15.8 Å². The molecule has 1 amide bonds. The highest BCUT2D eigenvalue weighted by Crippen LogP contribution is 2.38. The minimum absolute atomic E-state index is 0.00457. The number of hydrogen-bond donors (Lipinski definition) is 2. The van der Waals surface area contributed by atoms with Crippen LogP contribution in [-0.2, 0) is 4.74 Å². The van der Waals surface area contributed by atoms with Crippen LogP contribution in [-0.4, -0.2) is 23.5 Å². The summed E-state index contributed by atoms with van der Waals surface area (Å²) < 4.78 is 21.2. The maximum Gasteiger partial charge on any atom is 0.340 e. The lowest BCUT2D eigenvalue weighted by Crippen LogP contribution is -2.11. The van der Waals surface area contributed by atoms with Gasteiger partial charge in [0, 0.05) is 3.57 Å². The number of hydrogen-bond acceptors (Lipinski definition) is 6. The minimum atomic E-state index is -0.776. The predicted octanol–water partition coefficient (Wildman–Crippen LogP) is 5.10. The molecule has 1 aliphatic rings. The number of thiazole rings is 1. The average molecular weight is 546 g/mol. The van der Waals surface area contributed by atoms with Gasteiger partial charge in [0.2, 0.25) is 0 Å². The lowest BCUT2D eigenvalue weighted by atomic mass is 10.1. The molecule has 29 heavy (non-hydrogen) atoms. The van der Waals surface area contributed by atoms with Crippen molar-refractivity contribution in [2.24, 2.45) is 11.7 Å². The summed E-state index contributed by atoms with van der Waals surface area (Å²) in [6.07, 6.45) is 2.03. The molecule has 0 aliphatic heterocycles. The number of ether oxygens (including phenoxy) is 1. The van der Waals surface area contributed by atoms with Crippen molar-refractivity contribution < 1.29 is 18.7 Å². The topological polar surface area (TPSA) is 94.3 Å². The van der Waals surface area contributed by atoms with E-state index in [1.807, 2.05) is 6.07 Å². The highest BCUT2D eigenvalue weighted by molar-refractivity contribution is 14.1. The lowest BCUT2D eigenvalue weighted by Gasteiger charge is -2.14. The zero-order valence-electron chi connectivity index (χ0n) is 14.8. The van der Waals surface area contributed by atoms with Crippen molar-refractivity contribution in [3.63, 3.8) is 0 Å². The Morgan fingerprint density at radius 3 is 2.79 bits per heavy atom. The Balaban J connectivity index is 1.84. The van der Waals surface area contributed by atoms with Gasteiger partial charge in [-0.2, -0.15) is 0 Å². The van der Waals surface area contributed by atoms with E-state index in [4.69, 9.17) is 22.1 Å². The Morgan fingerprint density at radius 2 is 2.14 bits per heavy atom. The van der Waals surface area contributed by atoms with E-state index in [0.717, 1.165) is 33.8 Å². The second kappa shape index (κ2) is 8.04. The van der Waals surface area contributed by atoms with Crippen molar-refractivity contribution in [1.82, 2.24) is 4.98 Å². The molecule has 0 bridgehead atoms. The van der Waals surface area contributed by atoms with Crippen molar-refractivity contribution >= 4 is 79.0 Å². The summed E-state index contributed by atoms with van der Waals surface area (Å²) >= 11 is 9.35. The molecular formula is C19H14ClFIN3O3S. The highest BCUT2D eigenvalue weighted by atomic mass is 127. The van der Waals surface area contributed by atoms with E-state index >= 15 is 0 Å². The van der Waals surface area contributed by atoms with Crippen molar-refractivity contribution in [3.8, 4) is 0 Å². The summed E-state index contributed by atoms with van der Waals surface area (Å²) in [5.74, 6) is -1.81. The van der Waals surface area contributed by atoms with Gasteiger partial charge in [-0.25, -0.2) is 14.2 Å². The number of rotatable bonds is 6. The Bertz CT molecular complexity index is 1150. The third kappa shape index (κ3) is 4.31. The fourth-order valence-corrected chi connectivity index (χ4v) is 4.55. The largest absolute Gasteiger partial charge is 0.462 e. The molecule has 1 saturated carbocycles. The quantitative estimate of drug-likeness (QED) is 0.332. The van der Waals surface area contributed by atoms with Gasteiger partial charge in [-0.15, -0.1) is 11.3 Å². The Kier molecular flexibility index (Phi) is 5.63. The molecule has 1 aliphatic carbocycles. The Hall–Kier alpha value is -1.98. The van der Waals surface area contributed by atoms with E-state index in [1.54, 1.807) is 12.1 Å². The Labute approximate surface area is 187 Å². The molecule has 1 heterocycles. The zero-order valence-corrected chi connectivity index (χ0v) is 18.5. The van der Waals surface area contributed by atoms with Gasteiger partial charge in [0.05, 0.1) is 33.3 Å². The SMILES string of the molecule is NC(=O)c1nc2c(F)cc(C(=O)OCC3CC3)c(Nc3ccc(I)cc3Cl)c2s1. The monoisotopic (exact) mass is 545 g/mol. The summed E-state index contributed by atoms with van der Waals surface area (Å²) in [6, 6.07) is 6.39. The van der Waals surface area contributed by atoms with E-state index in [1.165, 1.54) is 0 Å². The van der Waals surface area contributed by atoms with Crippen molar-refractivity contribution in [1.29, 1.82) is 0 Å². The maximum atomic E-state index is 14.7. The van der Waals surface area contributed by atoms with Crippen LogP contribution in [0.25, 0.3) is 10.2 Å². The molecule has 3 N–H and O–H groups in total. The number of fused-ring (bicyclic) bond motifs is 1. The maximum absolute atomic E-state index is 14.7. The van der Waals surface area contributed by atoms with E-state index in [9.17, 15) is 14.0 Å². The van der Waals surface area contributed by atoms with Crippen molar-refractivity contribution in [2.45, 2.75) is 12.8 Å². The van der Waals surface area contributed by atoms with Crippen LogP contribution < -0.4 is 11.1 Å². The van der Waals surface area contributed by atoms with Crippen LogP contribution in [0.3, 0.4) is 0 Å². The molecule has 0 saturated heterocycles. The van der Waals surface area contributed by atoms with Crippen LogP contribution in [0.5, 0.6) is 0 Å². The smallest absolute Gasteiger partial charge is 0.340 e. The van der Waals surface area contributed by atoms with Gasteiger partial charge in [-0.1, -0.05) is 11.6 Å². The standard InChI is InChI=1S/C19H14ClFIN3O3S/c20-11-5-9(22)3-4-13(11)24-14-10(19(27)28-7-8-1-2-8)6-12(21)15-16(14)29-18(25-15)17(23)26/h3-6,8,24H,1-2,7H2,(H2,23,26). The third-order valence-electron chi connectivity index (χ3n) is 4.39. The number of benzene rings is 2. The van der Waals surface area contributed by atoms with Crippen LogP contribution in [0.1, 0.15) is 33.0 Å². The van der Waals surface area contributed by atoms with E-state index in [0.29, 0.717) is 16.6 Å². The van der Waals surface area contributed by atoms with E-state index in [2.05, 4.69) is 32.9 Å². The number of nitrogens with one attached hydrogen (secondary N) is 1. The number of amides is 1. The molecule has 0 atom stereocenters. The first-order valence-corrected chi connectivity index (χ1v) is 10.9. The number of esters is 1. The first-order chi connectivity index (χ1) is 13.8. The van der Waals surface area contributed by atoms with Gasteiger partial charge >= 0.3 is 5.97 Å². The van der Waals surface area contributed by atoms with Gasteiger partial charge in [-0.3, -0.25) is 4.79 Å². The fourth-order valence-electron chi connectivity index (χ4n) is 2.71. The molecule has 6 nitrogen and oxygen atoms in total. The number of anilines is 2. The van der Waals surface area contributed by atoms with Crippen LogP contribution >= 0.6 is 45.5 Å². The third-order valence-corrected chi connectivity index (χ3v) is 6.46. The van der Waals surface area contributed by atoms with Crippen LogP contribution in [0.15, 0.2) is 24.3 Å². The molecule has 3 aromatic rings. The number of carbonyl (C=O) groups excluding carboxylic acids is 2. The molecule has 0 radical (unpaired) electrons. The van der Waals surface area contributed by atoms with Gasteiger partial charge in [0.1, 0.15) is 5.52 Å². The molecule has 2 aromatic carbocycles. The summed E-state index contributed by atoms with van der Waals surface area (Å²) in [5, 5.41) is 3.46. The minimum Gasteiger partial charge on any atom is -0.462 e. The van der Waals surface area contributed by atoms with E-state index < -0.39 is 17.7 Å². The molecule has 0 unspecified atom stereocenters. The van der Waals surface area contributed by atoms with Crippen molar-refractivity contribution in [2.75, 3.05) is 11.9 Å². The molecular weight excluding hydrogens is 532 g/mol. The zero-order chi connectivity index (χ0) is 20.7. The predicted molar refractivity (Wildman–Crippen MR) is 119 cm³/mol. The number of nitrogens with two attached hydrogens (primary N) is 1. The van der Waals surface area contributed by atoms with Crippen LogP contribution in [0.4, 0.5) is 15.8 Å². The van der Waals surface area contributed by atoms with Crippen LogP contribution in [0.2, 0.25) is 5.02 Å². The summed E-state index contributed by atoms with van der Waals surface area (Å²) in [7, 11) is 0. The molecule has 0 spiro atoms. The molecule has 4 rings (SSSR count). The van der Waals surface area contributed by atoms with Crippen LogP contribution in [0, 0.1) is 15.3 Å². The number of carbonyl (C=O) groups is 2. The van der Waals surface area contributed by atoms with E-state index in [-0.39, 0.29) is 33.1 Å². The summed E-state index contributed by atoms with van der Waals surface area (Å²) in [4.78, 5) is 28.2.